The highest BCUT2D eigenvalue weighted by molar-refractivity contribution is 6.17. The van der Waals surface area contributed by atoms with Crippen LogP contribution in [0.25, 0.3) is 0 Å². The van der Waals surface area contributed by atoms with Crippen molar-refractivity contribution in [2.75, 3.05) is 10.6 Å². The van der Waals surface area contributed by atoms with Crippen LogP contribution in [0.3, 0.4) is 0 Å². The minimum atomic E-state index is -0.321. The van der Waals surface area contributed by atoms with Gasteiger partial charge in [0.25, 0.3) is 5.91 Å². The molecule has 4 nitrogen and oxygen atoms in total. The van der Waals surface area contributed by atoms with Crippen molar-refractivity contribution in [2.45, 2.75) is 0 Å². The van der Waals surface area contributed by atoms with E-state index in [2.05, 4.69) is 10.6 Å². The van der Waals surface area contributed by atoms with E-state index in [-0.39, 0.29) is 11.7 Å². The summed E-state index contributed by atoms with van der Waals surface area (Å²) in [6.45, 7) is 0. The molecule has 4 aromatic carbocycles. The Balaban J connectivity index is 1.50. The van der Waals surface area contributed by atoms with Gasteiger partial charge in [-0.15, -0.1) is 0 Å². The number of ketones is 1. The third-order valence-corrected chi connectivity index (χ3v) is 4.66. The molecule has 0 atom stereocenters. The lowest BCUT2D eigenvalue weighted by Gasteiger charge is -2.11. The molecule has 0 unspecified atom stereocenters. The first kappa shape index (κ1) is 19.2. The van der Waals surface area contributed by atoms with Crippen LogP contribution in [-0.4, -0.2) is 11.7 Å². The summed E-state index contributed by atoms with van der Waals surface area (Å²) in [6.07, 6.45) is 0. The van der Waals surface area contributed by atoms with Gasteiger partial charge in [0, 0.05) is 28.2 Å². The molecule has 1 amide bonds. The van der Waals surface area contributed by atoms with Gasteiger partial charge in [-0.05, 0) is 42.5 Å². The molecule has 0 aliphatic carbocycles. The molecule has 0 aliphatic rings. The van der Waals surface area contributed by atoms with Crippen LogP contribution in [0.1, 0.15) is 26.3 Å². The van der Waals surface area contributed by atoms with Crippen molar-refractivity contribution in [2.24, 2.45) is 0 Å². The Bertz CT molecular complexity index is 1150. The summed E-state index contributed by atoms with van der Waals surface area (Å²) in [5.74, 6) is -0.498. The predicted molar refractivity (Wildman–Crippen MR) is 120 cm³/mol. The Morgan fingerprint density at radius 1 is 0.500 bits per heavy atom. The molecule has 0 spiro atoms. The number of carbonyl (C=O) groups excluding carboxylic acids is 2. The zero-order chi connectivity index (χ0) is 20.8. The summed E-state index contributed by atoms with van der Waals surface area (Å²) < 4.78 is 0. The van der Waals surface area contributed by atoms with Crippen molar-refractivity contribution in [1.82, 2.24) is 0 Å². The van der Waals surface area contributed by atoms with Crippen LogP contribution in [0.4, 0.5) is 17.1 Å². The Kier molecular flexibility index (Phi) is 5.67. The Hall–Kier alpha value is -4.18. The van der Waals surface area contributed by atoms with Crippen molar-refractivity contribution in [1.29, 1.82) is 0 Å². The molecule has 4 aromatic rings. The SMILES string of the molecule is O=C(Nc1ccc(Nc2ccccc2)cc1)c1ccccc1C(=O)c1ccccc1. The van der Waals surface area contributed by atoms with E-state index in [1.807, 2.05) is 60.7 Å². The fourth-order valence-electron chi connectivity index (χ4n) is 3.15. The molecule has 0 saturated carbocycles. The van der Waals surface area contributed by atoms with Gasteiger partial charge in [0.05, 0.1) is 5.56 Å². The summed E-state index contributed by atoms with van der Waals surface area (Å²) in [5, 5.41) is 6.18. The summed E-state index contributed by atoms with van der Waals surface area (Å²) in [4.78, 5) is 25.7. The number of hydrogen-bond donors (Lipinski definition) is 2. The van der Waals surface area contributed by atoms with E-state index in [1.54, 1.807) is 48.5 Å². The molecule has 0 fully saturated rings. The molecule has 0 heterocycles. The number of carbonyl (C=O) groups is 2. The molecule has 0 bridgehead atoms. The quantitative estimate of drug-likeness (QED) is 0.401. The molecule has 4 rings (SSSR count). The van der Waals surface area contributed by atoms with Crippen LogP contribution in [0.5, 0.6) is 0 Å². The van der Waals surface area contributed by atoms with E-state index in [4.69, 9.17) is 0 Å². The predicted octanol–water partition coefficient (Wildman–Crippen LogP) is 5.91. The van der Waals surface area contributed by atoms with E-state index in [0.29, 0.717) is 22.4 Å². The smallest absolute Gasteiger partial charge is 0.256 e. The lowest BCUT2D eigenvalue weighted by molar-refractivity contribution is 0.0996. The maximum Gasteiger partial charge on any atom is 0.256 e. The summed E-state index contributed by atoms with van der Waals surface area (Å²) in [7, 11) is 0. The monoisotopic (exact) mass is 392 g/mol. The van der Waals surface area contributed by atoms with Gasteiger partial charge in [0.1, 0.15) is 0 Å². The number of para-hydroxylation sites is 1. The number of amides is 1. The molecule has 0 radical (unpaired) electrons. The molecular weight excluding hydrogens is 372 g/mol. The Labute approximate surface area is 175 Å². The first-order valence-corrected chi connectivity index (χ1v) is 9.63. The topological polar surface area (TPSA) is 58.2 Å². The standard InChI is InChI=1S/C26H20N2O2/c29-25(19-9-3-1-4-10-19)23-13-7-8-14-24(23)26(30)28-22-17-15-21(16-18-22)27-20-11-5-2-6-12-20/h1-18,27H,(H,28,30). The first-order valence-electron chi connectivity index (χ1n) is 9.63. The zero-order valence-electron chi connectivity index (χ0n) is 16.2. The third kappa shape index (κ3) is 4.45. The number of hydrogen-bond acceptors (Lipinski definition) is 3. The second-order valence-corrected chi connectivity index (χ2v) is 6.76. The molecule has 2 N–H and O–H groups in total. The lowest BCUT2D eigenvalue weighted by Crippen LogP contribution is -2.16. The van der Waals surface area contributed by atoms with Gasteiger partial charge in [-0.2, -0.15) is 0 Å². The number of nitrogens with one attached hydrogen (secondary N) is 2. The maximum absolute atomic E-state index is 12.9. The molecule has 0 aliphatic heterocycles. The van der Waals surface area contributed by atoms with Crippen molar-refractivity contribution in [3.05, 3.63) is 126 Å². The van der Waals surface area contributed by atoms with Crippen LogP contribution < -0.4 is 10.6 Å². The van der Waals surface area contributed by atoms with Crippen LogP contribution in [-0.2, 0) is 0 Å². The van der Waals surface area contributed by atoms with Crippen LogP contribution in [0.15, 0.2) is 109 Å². The molecular formula is C26H20N2O2. The highest BCUT2D eigenvalue weighted by Gasteiger charge is 2.18. The average Bonchev–Trinajstić information content (AvgIpc) is 2.81. The minimum Gasteiger partial charge on any atom is -0.356 e. The van der Waals surface area contributed by atoms with Crippen molar-refractivity contribution >= 4 is 28.8 Å². The van der Waals surface area contributed by atoms with Gasteiger partial charge in [0.2, 0.25) is 0 Å². The second kappa shape index (κ2) is 8.88. The molecule has 4 heteroatoms. The highest BCUT2D eigenvalue weighted by atomic mass is 16.2. The minimum absolute atomic E-state index is 0.177. The van der Waals surface area contributed by atoms with Crippen LogP contribution in [0, 0.1) is 0 Å². The van der Waals surface area contributed by atoms with Crippen molar-refractivity contribution < 1.29 is 9.59 Å². The normalized spacial score (nSPS) is 10.3. The van der Waals surface area contributed by atoms with Gasteiger partial charge in [-0.25, -0.2) is 0 Å². The van der Waals surface area contributed by atoms with E-state index in [9.17, 15) is 9.59 Å². The van der Waals surface area contributed by atoms with Gasteiger partial charge in [0.15, 0.2) is 5.78 Å². The molecule has 30 heavy (non-hydrogen) atoms. The number of rotatable bonds is 6. The molecule has 0 saturated heterocycles. The van der Waals surface area contributed by atoms with Gasteiger partial charge >= 0.3 is 0 Å². The lowest BCUT2D eigenvalue weighted by atomic mass is 9.98. The second-order valence-electron chi connectivity index (χ2n) is 6.76. The first-order chi connectivity index (χ1) is 14.7. The van der Waals surface area contributed by atoms with Crippen molar-refractivity contribution in [3.8, 4) is 0 Å². The van der Waals surface area contributed by atoms with E-state index >= 15 is 0 Å². The van der Waals surface area contributed by atoms with Crippen LogP contribution >= 0.6 is 0 Å². The van der Waals surface area contributed by atoms with E-state index in [1.165, 1.54) is 0 Å². The third-order valence-electron chi connectivity index (χ3n) is 4.66. The fraction of sp³-hybridized carbons (Fsp3) is 0. The highest BCUT2D eigenvalue weighted by Crippen LogP contribution is 2.20. The van der Waals surface area contributed by atoms with E-state index in [0.717, 1.165) is 11.4 Å². The summed E-state index contributed by atoms with van der Waals surface area (Å²) >= 11 is 0. The number of benzene rings is 4. The maximum atomic E-state index is 12.9. The van der Waals surface area contributed by atoms with Gasteiger partial charge < -0.3 is 10.6 Å². The van der Waals surface area contributed by atoms with Gasteiger partial charge in [-0.1, -0.05) is 66.7 Å². The van der Waals surface area contributed by atoms with E-state index < -0.39 is 0 Å². The number of anilines is 3. The largest absolute Gasteiger partial charge is 0.356 e. The van der Waals surface area contributed by atoms with Crippen molar-refractivity contribution in [3.63, 3.8) is 0 Å². The fourth-order valence-corrected chi connectivity index (χ4v) is 3.15. The Morgan fingerprint density at radius 3 is 1.67 bits per heavy atom. The molecule has 0 aromatic heterocycles. The Morgan fingerprint density at radius 2 is 1.00 bits per heavy atom. The zero-order valence-corrected chi connectivity index (χ0v) is 16.2. The average molecular weight is 392 g/mol. The van der Waals surface area contributed by atoms with Crippen LogP contribution in [0.2, 0.25) is 0 Å². The summed E-state index contributed by atoms with van der Waals surface area (Å²) in [6, 6.07) is 33.1. The van der Waals surface area contributed by atoms with Gasteiger partial charge in [-0.3, -0.25) is 9.59 Å². The molecule has 146 valence electrons. The summed E-state index contributed by atoms with van der Waals surface area (Å²) in [5.41, 5.74) is 3.83.